The molecule has 0 aliphatic carbocycles. The van der Waals surface area contributed by atoms with Gasteiger partial charge < -0.3 is 16.3 Å². The van der Waals surface area contributed by atoms with Crippen LogP contribution in [-0.4, -0.2) is 57.9 Å². The first kappa shape index (κ1) is 57.7. The third kappa shape index (κ3) is 30.3. The number of halogens is 8. The number of carbonyl (C=O) groups is 1. The van der Waals surface area contributed by atoms with E-state index in [0.29, 0.717) is 46.2 Å². The number of pyridine rings is 3. The Kier molecular flexibility index (Phi) is 39.3. The minimum absolute atomic E-state index is 0. The van der Waals surface area contributed by atoms with E-state index in [0.717, 1.165) is 13.2 Å². The van der Waals surface area contributed by atoms with Crippen LogP contribution in [0.4, 0.5) is 17.6 Å². The molecule has 9 nitrogen and oxygen atoms in total. The molecule has 305 valence electrons. The molecule has 1 aliphatic heterocycles. The van der Waals surface area contributed by atoms with Crippen LogP contribution in [0.1, 0.15) is 62.2 Å². The fraction of sp³-hybridized carbons (Fsp3) is 0.278. The number of aromatic amines is 1. The largest absolute Gasteiger partial charge is 1.00 e. The quantitative estimate of drug-likeness (QED) is 0.0252. The molecule has 2 N–H and O–H groups in total. The molecule has 1 aromatic carbocycles. The maximum atomic E-state index is 13.3. The second kappa shape index (κ2) is 38.8. The zero-order valence-electron chi connectivity index (χ0n) is 33.2. The third-order valence-electron chi connectivity index (χ3n) is 5.90. The maximum Gasteiger partial charge on any atom is 1.00 e. The van der Waals surface area contributed by atoms with Crippen LogP contribution in [0.5, 0.6) is 0 Å². The summed E-state index contributed by atoms with van der Waals surface area (Å²) in [4.78, 5) is 38.0. The zero-order chi connectivity index (χ0) is 42.1. The van der Waals surface area contributed by atoms with Gasteiger partial charge in [0.15, 0.2) is 11.4 Å². The van der Waals surface area contributed by atoms with Crippen LogP contribution in [0.15, 0.2) is 95.3 Å². The van der Waals surface area contributed by atoms with Gasteiger partial charge >= 0.3 is 29.6 Å². The number of nitrogens with one attached hydrogen (secondary N) is 1. The van der Waals surface area contributed by atoms with Crippen molar-refractivity contribution < 1.29 is 64.6 Å². The van der Waals surface area contributed by atoms with E-state index >= 15 is 0 Å². The van der Waals surface area contributed by atoms with E-state index in [1.165, 1.54) is 73.5 Å². The fourth-order valence-corrected chi connectivity index (χ4v) is 4.76. The number of carbonyl (C=O) groups excluding carboxylic acids is 1. The van der Waals surface area contributed by atoms with Gasteiger partial charge in [-0.25, -0.2) is 24.3 Å². The summed E-state index contributed by atoms with van der Waals surface area (Å²) in [6, 6.07) is 17.3. The summed E-state index contributed by atoms with van der Waals surface area (Å²) >= 11 is 13.9. The maximum absolute atomic E-state index is 13.3. The first-order chi connectivity index (χ1) is 26.8. The smallest absolute Gasteiger partial charge is 1.00 e. The minimum atomic E-state index is -0.715. The van der Waals surface area contributed by atoms with Gasteiger partial charge in [-0.05, 0) is 102 Å². The number of aromatic nitrogens is 5. The van der Waals surface area contributed by atoms with Gasteiger partial charge in [0.1, 0.15) is 9.85 Å². The Balaban J connectivity index is -0.000000317. The Hall–Kier alpha value is -1.38. The van der Waals surface area contributed by atoms with Crippen molar-refractivity contribution in [2.24, 2.45) is 0 Å². The Morgan fingerprint density at radius 2 is 1.40 bits per heavy atom. The Morgan fingerprint density at radius 1 is 0.912 bits per heavy atom. The Morgan fingerprint density at radius 3 is 1.77 bits per heavy atom. The first-order valence-corrected chi connectivity index (χ1v) is 25.3. The molecular formula is C36H41BBr4F4N5NaO4PS. The molecule has 0 unspecified atom stereocenters. The van der Waals surface area contributed by atoms with Crippen molar-refractivity contribution in [2.45, 2.75) is 56.4 Å². The predicted octanol–water partition coefficient (Wildman–Crippen LogP) is 8.33. The van der Waals surface area contributed by atoms with Crippen molar-refractivity contribution in [3.63, 3.8) is 0 Å². The number of nitrogens with zero attached hydrogens (tertiary/aromatic N) is 4. The van der Waals surface area contributed by atoms with Gasteiger partial charge in [-0.3, -0.25) is 9.59 Å². The average Bonchev–Trinajstić information content (AvgIpc) is 3.77. The minimum Gasteiger partial charge on any atom is -1.00 e. The van der Waals surface area contributed by atoms with Crippen LogP contribution >= 0.6 is 78.2 Å². The molecule has 57 heavy (non-hydrogen) atoms. The van der Waals surface area contributed by atoms with E-state index in [9.17, 15) is 27.2 Å². The molecule has 0 atom stereocenters. The van der Waals surface area contributed by atoms with E-state index in [4.69, 9.17) is 11.2 Å². The Labute approximate surface area is 395 Å². The summed E-state index contributed by atoms with van der Waals surface area (Å²) in [5.41, 5.74) is 1.90. The molecular weight excluding hydrogens is 1060 g/mol. The van der Waals surface area contributed by atoms with Crippen LogP contribution < -0.4 is 35.1 Å². The molecule has 5 aromatic rings. The average molecular weight is 1100 g/mol. The molecule has 0 saturated carbocycles. The standard InChI is InChI=1S/C12H11FN2OS.C6H5BrFN.C6H6FNO.C6H4FNO.C4H8O.C2H6.B.Br3P.Na.H/c1-8-6-11(16)15-12(14-8)17-7-9-4-2-3-5-10(9)13;7-4-5-2-1-3-9-6(5)8;2*7-6-5(4-9)2-1-3-8-6;1-2-4-5-3-1;1-2;;1-4(2)3;;/h2-6H,7H2,1H3,(H,14,15,16);1-3H,4H2;1-3,9H,4H2;1-4H;1-4H2;1-2H3;;;;/q;;;;;;;;+1;-1/i;;;;;1D;;;;. The molecule has 1 fully saturated rings. The van der Waals surface area contributed by atoms with E-state index in [1.54, 1.807) is 50.2 Å². The molecule has 0 bridgehead atoms. The van der Waals surface area contributed by atoms with Crippen molar-refractivity contribution in [1.82, 2.24) is 24.9 Å². The predicted molar refractivity (Wildman–Crippen MR) is 234 cm³/mol. The number of thioether (sulfide) groups is 1. The van der Waals surface area contributed by atoms with E-state index in [-0.39, 0.29) is 72.5 Å². The van der Waals surface area contributed by atoms with Gasteiger partial charge in [0.2, 0.25) is 17.8 Å². The summed E-state index contributed by atoms with van der Waals surface area (Å²) in [6.07, 6.45) is 7.06. The number of alkyl halides is 1. The second-order valence-electron chi connectivity index (χ2n) is 9.78. The summed E-state index contributed by atoms with van der Waals surface area (Å²) < 4.78 is 61.3. The number of aliphatic hydroxyl groups excluding tert-OH is 1. The fourth-order valence-electron chi connectivity index (χ4n) is 3.43. The van der Waals surface area contributed by atoms with Gasteiger partial charge in [0.05, 0.1) is 12.2 Å². The number of benzene rings is 1. The third-order valence-corrected chi connectivity index (χ3v) is 7.43. The van der Waals surface area contributed by atoms with Crippen molar-refractivity contribution in [2.75, 3.05) is 13.2 Å². The molecule has 0 amide bonds. The summed E-state index contributed by atoms with van der Waals surface area (Å²) in [5, 5.41) is 9.47. The van der Waals surface area contributed by atoms with Crippen LogP contribution in [0.2, 0.25) is 0 Å². The number of hydrogen-bond donors (Lipinski definition) is 2. The number of aliphatic hydroxyl groups is 1. The molecule has 5 heterocycles. The molecule has 1 saturated heterocycles. The van der Waals surface area contributed by atoms with E-state index < -0.39 is 17.8 Å². The zero-order valence-corrected chi connectivity index (χ0v) is 41.3. The monoisotopic (exact) mass is 1100 g/mol. The van der Waals surface area contributed by atoms with Crippen molar-refractivity contribution in [3.8, 4) is 0 Å². The summed E-state index contributed by atoms with van der Waals surface area (Å²) in [7, 11) is 0. The van der Waals surface area contributed by atoms with Gasteiger partial charge in [-0.1, -0.05) is 71.8 Å². The van der Waals surface area contributed by atoms with Crippen molar-refractivity contribution >= 4 is 92.9 Å². The van der Waals surface area contributed by atoms with Crippen LogP contribution in [0, 0.1) is 30.6 Å². The normalized spacial score (nSPS) is 10.6. The Bertz CT molecular complexity index is 1820. The number of aryl methyl sites for hydroxylation is 1. The van der Waals surface area contributed by atoms with Crippen molar-refractivity contribution in [1.29, 1.82) is 0 Å². The van der Waals surface area contributed by atoms with E-state index in [2.05, 4.69) is 87.3 Å². The van der Waals surface area contributed by atoms with Crippen LogP contribution in [-0.2, 0) is 22.4 Å². The molecule has 6 rings (SSSR count). The molecule has 0 spiro atoms. The van der Waals surface area contributed by atoms with Crippen LogP contribution in [0.3, 0.4) is 0 Å². The molecule has 3 radical (unpaired) electrons. The van der Waals surface area contributed by atoms with Gasteiger partial charge in [-0.2, -0.15) is 13.2 Å². The van der Waals surface area contributed by atoms with Gasteiger partial charge in [0, 0.05) is 75.6 Å². The van der Waals surface area contributed by atoms with Crippen LogP contribution in [0.25, 0.3) is 0 Å². The second-order valence-corrected chi connectivity index (χ2v) is 26.6. The number of ether oxygens (including phenoxy) is 1. The first-order valence-electron chi connectivity index (χ1n) is 16.5. The van der Waals surface area contributed by atoms with Gasteiger partial charge in [-0.15, -0.1) is 0 Å². The summed E-state index contributed by atoms with van der Waals surface area (Å²) in [6.45, 7) is 5.75. The topological polar surface area (TPSA) is 131 Å². The summed E-state index contributed by atoms with van der Waals surface area (Å²) in [5.74, 6) is -1.50. The van der Waals surface area contributed by atoms with E-state index in [1.807, 2.05) is 0 Å². The van der Waals surface area contributed by atoms with Crippen molar-refractivity contribution in [3.05, 3.63) is 147 Å². The number of rotatable bonds is 6. The van der Waals surface area contributed by atoms with Gasteiger partial charge in [0.25, 0.3) is 5.56 Å². The number of hydrogen-bond acceptors (Lipinski definition) is 9. The molecule has 4 aromatic heterocycles. The number of aldehydes is 1. The molecule has 21 heteroatoms. The SMILES string of the molecule is BrP(Br)Br.C1CCOC1.Cc1cc(=O)[nH]c(SCc2ccccc2F)n1.Fc1ncccc1CBr.O=Cc1cccnc1F.OCc1cccnc1F.[2H]CC.[B].[H-].[Na+]. The number of H-pyrrole nitrogens is 1. The molecule has 1 aliphatic rings.